The quantitative estimate of drug-likeness (QED) is 0.529. The van der Waals surface area contributed by atoms with Gasteiger partial charge in [-0.1, -0.05) is 62.1 Å². The van der Waals surface area contributed by atoms with Gasteiger partial charge in [-0.25, -0.2) is 0 Å². The Kier molecular flexibility index (Phi) is 7.60. The molecule has 130 valence electrons. The van der Waals surface area contributed by atoms with Gasteiger partial charge in [0.2, 0.25) is 0 Å². The van der Waals surface area contributed by atoms with Gasteiger partial charge < -0.3 is 9.84 Å². The molecule has 1 atom stereocenters. The number of ether oxygens (including phenoxy) is 1. The zero-order chi connectivity index (χ0) is 17.2. The van der Waals surface area contributed by atoms with Crippen molar-refractivity contribution in [2.45, 2.75) is 64.4 Å². The molecule has 2 rings (SSSR count). The van der Waals surface area contributed by atoms with Crippen LogP contribution in [-0.2, 0) is 4.79 Å². The highest BCUT2D eigenvalue weighted by Crippen LogP contribution is 2.26. The highest BCUT2D eigenvalue weighted by molar-refractivity contribution is 5.88. The van der Waals surface area contributed by atoms with Crippen LogP contribution in [-0.4, -0.2) is 17.2 Å². The maximum Gasteiger partial charge on any atom is 0.303 e. The highest BCUT2D eigenvalue weighted by atomic mass is 16.5. The first kappa shape index (κ1) is 18.3. The van der Waals surface area contributed by atoms with Crippen LogP contribution in [0.5, 0.6) is 5.75 Å². The van der Waals surface area contributed by atoms with E-state index in [-0.39, 0.29) is 6.10 Å². The summed E-state index contributed by atoms with van der Waals surface area (Å²) in [7, 11) is 0. The van der Waals surface area contributed by atoms with Crippen LogP contribution in [0.2, 0.25) is 0 Å². The molecule has 3 heteroatoms. The summed E-state index contributed by atoms with van der Waals surface area (Å²) in [6.45, 7) is 2.13. The summed E-state index contributed by atoms with van der Waals surface area (Å²) in [5.74, 6) is 0.281. The van der Waals surface area contributed by atoms with Crippen molar-refractivity contribution in [1.29, 1.82) is 0 Å². The van der Waals surface area contributed by atoms with Crippen molar-refractivity contribution in [3.8, 4) is 5.75 Å². The van der Waals surface area contributed by atoms with Crippen LogP contribution in [0, 0.1) is 0 Å². The van der Waals surface area contributed by atoms with E-state index in [1.165, 1.54) is 23.6 Å². The smallest absolute Gasteiger partial charge is 0.303 e. The minimum Gasteiger partial charge on any atom is -0.490 e. The molecule has 0 heterocycles. The molecule has 2 aromatic rings. The van der Waals surface area contributed by atoms with Gasteiger partial charge in [0.1, 0.15) is 5.75 Å². The molecule has 0 aliphatic rings. The fraction of sp³-hybridized carbons (Fsp3) is 0.476. The van der Waals surface area contributed by atoms with Gasteiger partial charge in [-0.2, -0.15) is 0 Å². The Morgan fingerprint density at radius 1 is 0.958 bits per heavy atom. The van der Waals surface area contributed by atoms with E-state index in [0.29, 0.717) is 6.42 Å². The molecule has 0 radical (unpaired) electrons. The number of hydrogen-bond donors (Lipinski definition) is 1. The summed E-state index contributed by atoms with van der Waals surface area (Å²) in [5, 5.41) is 11.0. The van der Waals surface area contributed by atoms with E-state index < -0.39 is 5.97 Å². The minimum atomic E-state index is -0.686. The summed E-state index contributed by atoms with van der Waals surface area (Å²) >= 11 is 0. The summed E-state index contributed by atoms with van der Waals surface area (Å²) < 4.78 is 6.13. The van der Waals surface area contributed by atoms with Crippen LogP contribution in [0.3, 0.4) is 0 Å². The van der Waals surface area contributed by atoms with Gasteiger partial charge in [-0.15, -0.1) is 0 Å². The molecule has 0 spiro atoms. The number of carboxylic acid groups (broad SMARTS) is 1. The number of benzene rings is 2. The predicted molar refractivity (Wildman–Crippen MR) is 98.6 cm³/mol. The third-order valence-corrected chi connectivity index (χ3v) is 4.33. The van der Waals surface area contributed by atoms with Crippen LogP contribution in [0.4, 0.5) is 0 Å². The molecule has 0 bridgehead atoms. The fourth-order valence-electron chi connectivity index (χ4n) is 2.99. The van der Waals surface area contributed by atoms with Crippen LogP contribution < -0.4 is 4.74 Å². The first-order valence-electron chi connectivity index (χ1n) is 9.03. The van der Waals surface area contributed by atoms with E-state index in [2.05, 4.69) is 25.1 Å². The van der Waals surface area contributed by atoms with Gasteiger partial charge in [-0.3, -0.25) is 4.79 Å². The van der Waals surface area contributed by atoms with E-state index >= 15 is 0 Å². The topological polar surface area (TPSA) is 46.5 Å². The Morgan fingerprint density at radius 2 is 1.62 bits per heavy atom. The van der Waals surface area contributed by atoms with Crippen molar-refractivity contribution < 1.29 is 14.6 Å². The third kappa shape index (κ3) is 6.23. The molecular weight excluding hydrogens is 300 g/mol. The predicted octanol–water partition coefficient (Wildman–Crippen LogP) is 5.81. The van der Waals surface area contributed by atoms with Crippen LogP contribution in [0.25, 0.3) is 10.8 Å². The lowest BCUT2D eigenvalue weighted by Gasteiger charge is -2.16. The molecule has 0 fully saturated rings. The van der Waals surface area contributed by atoms with Crippen LogP contribution in [0.1, 0.15) is 58.3 Å². The average molecular weight is 328 g/mol. The number of aliphatic carboxylic acids is 1. The van der Waals surface area contributed by atoms with Crippen molar-refractivity contribution in [3.63, 3.8) is 0 Å². The van der Waals surface area contributed by atoms with Gasteiger partial charge in [-0.05, 0) is 37.6 Å². The zero-order valence-corrected chi connectivity index (χ0v) is 14.5. The molecule has 0 aliphatic heterocycles. The second-order valence-corrected chi connectivity index (χ2v) is 6.46. The van der Waals surface area contributed by atoms with Crippen molar-refractivity contribution >= 4 is 16.7 Å². The maximum atomic E-state index is 10.4. The Labute approximate surface area is 144 Å². The summed E-state index contributed by atoms with van der Waals surface area (Å²) in [4.78, 5) is 10.4. The van der Waals surface area contributed by atoms with Gasteiger partial charge in [0.05, 0.1) is 6.10 Å². The largest absolute Gasteiger partial charge is 0.490 e. The Balaban J connectivity index is 1.64. The maximum absolute atomic E-state index is 10.4. The number of carboxylic acids is 1. The van der Waals surface area contributed by atoms with Gasteiger partial charge in [0.25, 0.3) is 0 Å². The van der Waals surface area contributed by atoms with Crippen LogP contribution >= 0.6 is 0 Å². The van der Waals surface area contributed by atoms with Gasteiger partial charge >= 0.3 is 5.97 Å². The summed E-state index contributed by atoms with van der Waals surface area (Å²) in [6, 6.07) is 14.5. The number of rotatable bonds is 11. The van der Waals surface area contributed by atoms with E-state index in [9.17, 15) is 4.79 Å². The lowest BCUT2D eigenvalue weighted by atomic mass is 10.1. The van der Waals surface area contributed by atoms with Crippen molar-refractivity contribution in [1.82, 2.24) is 0 Å². The molecule has 0 aromatic heterocycles. The molecule has 3 nitrogen and oxygen atoms in total. The second kappa shape index (κ2) is 9.96. The third-order valence-electron chi connectivity index (χ3n) is 4.33. The molecular formula is C21H28O3. The molecule has 0 aliphatic carbocycles. The number of carbonyl (C=O) groups is 1. The van der Waals surface area contributed by atoms with Crippen molar-refractivity contribution in [3.05, 3.63) is 42.5 Å². The number of hydrogen-bond acceptors (Lipinski definition) is 2. The lowest BCUT2D eigenvalue weighted by Crippen LogP contribution is -2.11. The average Bonchev–Trinajstić information content (AvgIpc) is 2.57. The Bertz CT molecular complexity index is 631. The Morgan fingerprint density at radius 3 is 2.42 bits per heavy atom. The van der Waals surface area contributed by atoms with Gasteiger partial charge in [0, 0.05) is 11.8 Å². The normalized spacial score (nSPS) is 12.2. The number of unbranched alkanes of at least 4 members (excludes halogenated alkanes) is 5. The second-order valence-electron chi connectivity index (χ2n) is 6.46. The van der Waals surface area contributed by atoms with Crippen molar-refractivity contribution in [2.24, 2.45) is 0 Å². The van der Waals surface area contributed by atoms with E-state index in [0.717, 1.165) is 37.9 Å². The Hall–Kier alpha value is -2.03. The first-order chi connectivity index (χ1) is 11.7. The molecule has 24 heavy (non-hydrogen) atoms. The first-order valence-corrected chi connectivity index (χ1v) is 9.03. The highest BCUT2D eigenvalue weighted by Gasteiger charge is 2.07. The molecule has 2 aromatic carbocycles. The van der Waals surface area contributed by atoms with E-state index in [1.54, 1.807) is 0 Å². The fourth-order valence-corrected chi connectivity index (χ4v) is 2.99. The molecule has 1 N–H and O–H groups in total. The summed E-state index contributed by atoms with van der Waals surface area (Å²) in [6.07, 6.45) is 8.05. The molecule has 0 amide bonds. The SMILES string of the molecule is CC(CCCCCCCCC(=O)O)Oc1cccc2ccccc12. The van der Waals surface area contributed by atoms with Crippen LogP contribution in [0.15, 0.2) is 42.5 Å². The lowest BCUT2D eigenvalue weighted by molar-refractivity contribution is -0.137. The van der Waals surface area contributed by atoms with E-state index in [4.69, 9.17) is 9.84 Å². The molecule has 0 saturated heterocycles. The molecule has 0 saturated carbocycles. The minimum absolute atomic E-state index is 0.211. The molecule has 1 unspecified atom stereocenters. The van der Waals surface area contributed by atoms with E-state index in [1.807, 2.05) is 24.3 Å². The van der Waals surface area contributed by atoms with Crippen molar-refractivity contribution in [2.75, 3.05) is 0 Å². The monoisotopic (exact) mass is 328 g/mol. The summed E-state index contributed by atoms with van der Waals surface area (Å²) in [5.41, 5.74) is 0. The zero-order valence-electron chi connectivity index (χ0n) is 14.5. The standard InChI is InChI=1S/C21H28O3/c1-17(11-6-4-2-3-5-7-16-21(22)23)24-20-15-10-13-18-12-8-9-14-19(18)20/h8-10,12-15,17H,2-7,11,16H2,1H3,(H,22,23). The van der Waals surface area contributed by atoms with Gasteiger partial charge in [0.15, 0.2) is 0 Å². The number of fused-ring (bicyclic) bond motifs is 1.